The zero-order chi connectivity index (χ0) is 16.4. The molecule has 0 fully saturated rings. The lowest BCUT2D eigenvalue weighted by molar-refractivity contribution is 0.103. The van der Waals surface area contributed by atoms with Gasteiger partial charge in [-0.1, -0.05) is 18.2 Å². The maximum atomic E-state index is 12.9. The van der Waals surface area contributed by atoms with Crippen LogP contribution in [0.25, 0.3) is 10.9 Å². The molecular weight excluding hydrogens is 290 g/mol. The number of aromatic nitrogens is 1. The summed E-state index contributed by atoms with van der Waals surface area (Å²) < 4.78 is 12.6. The number of rotatable bonds is 5. The van der Waals surface area contributed by atoms with Crippen molar-refractivity contribution in [3.8, 4) is 11.5 Å². The summed E-state index contributed by atoms with van der Waals surface area (Å²) in [5.74, 6) is 1.15. The van der Waals surface area contributed by atoms with Crippen LogP contribution >= 0.6 is 0 Å². The Morgan fingerprint density at radius 3 is 2.48 bits per heavy atom. The highest BCUT2D eigenvalue weighted by Gasteiger charge is 2.17. The van der Waals surface area contributed by atoms with Crippen molar-refractivity contribution in [3.05, 3.63) is 59.8 Å². The molecule has 0 amide bonds. The molecule has 0 saturated carbocycles. The van der Waals surface area contributed by atoms with E-state index < -0.39 is 0 Å². The van der Waals surface area contributed by atoms with Crippen molar-refractivity contribution in [3.63, 3.8) is 0 Å². The highest BCUT2D eigenvalue weighted by molar-refractivity contribution is 6.16. The lowest BCUT2D eigenvalue weighted by Crippen LogP contribution is -2.02. The Morgan fingerprint density at radius 1 is 1.04 bits per heavy atom. The highest BCUT2D eigenvalue weighted by Crippen LogP contribution is 2.30. The van der Waals surface area contributed by atoms with E-state index in [9.17, 15) is 4.79 Å². The molecule has 4 nitrogen and oxygen atoms in total. The van der Waals surface area contributed by atoms with Crippen LogP contribution in [-0.4, -0.2) is 24.6 Å². The highest BCUT2D eigenvalue weighted by atomic mass is 16.5. The van der Waals surface area contributed by atoms with E-state index in [0.29, 0.717) is 22.6 Å². The van der Waals surface area contributed by atoms with Gasteiger partial charge in [-0.25, -0.2) is 0 Å². The first-order valence-electron chi connectivity index (χ1n) is 7.54. The van der Waals surface area contributed by atoms with Crippen molar-refractivity contribution >= 4 is 16.7 Å². The number of aryl methyl sites for hydroxylation is 1. The molecule has 1 heterocycles. The van der Waals surface area contributed by atoms with Gasteiger partial charge < -0.3 is 14.0 Å². The Bertz CT molecular complexity index is 864. The van der Waals surface area contributed by atoms with Gasteiger partial charge in [0.05, 0.1) is 14.2 Å². The van der Waals surface area contributed by atoms with Gasteiger partial charge in [-0.2, -0.15) is 0 Å². The van der Waals surface area contributed by atoms with E-state index in [2.05, 4.69) is 11.5 Å². The van der Waals surface area contributed by atoms with Crippen LogP contribution in [0.1, 0.15) is 22.8 Å². The van der Waals surface area contributed by atoms with Gasteiger partial charge in [-0.3, -0.25) is 4.79 Å². The van der Waals surface area contributed by atoms with Crippen molar-refractivity contribution in [2.75, 3.05) is 14.2 Å². The van der Waals surface area contributed by atoms with E-state index in [1.807, 2.05) is 30.5 Å². The molecule has 3 rings (SSSR count). The Kier molecular flexibility index (Phi) is 4.06. The molecule has 3 aromatic rings. The van der Waals surface area contributed by atoms with Gasteiger partial charge in [0.25, 0.3) is 0 Å². The summed E-state index contributed by atoms with van der Waals surface area (Å²) in [7, 11) is 3.14. The number of nitrogens with zero attached hydrogens (tertiary/aromatic N) is 1. The minimum Gasteiger partial charge on any atom is -0.493 e. The summed E-state index contributed by atoms with van der Waals surface area (Å²) in [5, 5.41) is 0.967. The first-order chi connectivity index (χ1) is 11.2. The molecular formula is C19H19NO3. The largest absolute Gasteiger partial charge is 0.493 e. The Morgan fingerprint density at radius 2 is 1.78 bits per heavy atom. The third kappa shape index (κ3) is 2.57. The third-order valence-electron chi connectivity index (χ3n) is 4.02. The van der Waals surface area contributed by atoms with Crippen LogP contribution in [0.5, 0.6) is 11.5 Å². The van der Waals surface area contributed by atoms with Crippen LogP contribution in [0.15, 0.2) is 48.7 Å². The van der Waals surface area contributed by atoms with Gasteiger partial charge in [-0.05, 0) is 31.2 Å². The molecule has 1 aromatic heterocycles. The van der Waals surface area contributed by atoms with Gasteiger partial charge in [0.1, 0.15) is 0 Å². The fourth-order valence-corrected chi connectivity index (χ4v) is 2.82. The molecule has 118 valence electrons. The quantitative estimate of drug-likeness (QED) is 0.671. The molecule has 0 aliphatic carbocycles. The van der Waals surface area contributed by atoms with Gasteiger partial charge in [0.15, 0.2) is 17.3 Å². The van der Waals surface area contributed by atoms with Crippen molar-refractivity contribution in [2.24, 2.45) is 0 Å². The number of ketones is 1. The molecule has 0 N–H and O–H groups in total. The molecule has 0 aliphatic heterocycles. The average molecular weight is 309 g/mol. The predicted octanol–water partition coefficient (Wildman–Crippen LogP) is 3.91. The van der Waals surface area contributed by atoms with E-state index >= 15 is 0 Å². The van der Waals surface area contributed by atoms with E-state index in [4.69, 9.17) is 9.47 Å². The summed E-state index contributed by atoms with van der Waals surface area (Å²) in [4.78, 5) is 12.9. The maximum Gasteiger partial charge on any atom is 0.195 e. The zero-order valence-corrected chi connectivity index (χ0v) is 13.5. The van der Waals surface area contributed by atoms with E-state index in [-0.39, 0.29) is 5.78 Å². The number of carbonyl (C=O) groups excluding carboxylic acids is 1. The third-order valence-corrected chi connectivity index (χ3v) is 4.02. The first kappa shape index (κ1) is 15.2. The van der Waals surface area contributed by atoms with Gasteiger partial charge >= 0.3 is 0 Å². The summed E-state index contributed by atoms with van der Waals surface area (Å²) in [6, 6.07) is 13.2. The van der Waals surface area contributed by atoms with E-state index in [1.165, 1.54) is 0 Å². The van der Waals surface area contributed by atoms with Crippen LogP contribution < -0.4 is 9.47 Å². The summed E-state index contributed by atoms with van der Waals surface area (Å²) >= 11 is 0. The van der Waals surface area contributed by atoms with E-state index in [0.717, 1.165) is 17.4 Å². The summed E-state index contributed by atoms with van der Waals surface area (Å²) in [5.41, 5.74) is 2.36. The van der Waals surface area contributed by atoms with Crippen LogP contribution in [-0.2, 0) is 6.54 Å². The monoisotopic (exact) mass is 309 g/mol. The number of fused-ring (bicyclic) bond motifs is 1. The number of para-hydroxylation sites is 1. The molecule has 0 saturated heterocycles. The van der Waals surface area contributed by atoms with E-state index in [1.54, 1.807) is 32.4 Å². The summed E-state index contributed by atoms with van der Waals surface area (Å²) in [6.45, 7) is 2.89. The van der Waals surface area contributed by atoms with Gasteiger partial charge in [0.2, 0.25) is 0 Å². The van der Waals surface area contributed by atoms with Crippen molar-refractivity contribution in [1.29, 1.82) is 0 Å². The molecule has 4 heteroatoms. The molecule has 0 atom stereocenters. The van der Waals surface area contributed by atoms with Crippen LogP contribution in [0, 0.1) is 0 Å². The normalized spacial score (nSPS) is 10.7. The number of carbonyl (C=O) groups is 1. The first-order valence-corrected chi connectivity index (χ1v) is 7.54. The molecule has 0 radical (unpaired) electrons. The second-order valence-corrected chi connectivity index (χ2v) is 5.24. The maximum absolute atomic E-state index is 12.9. The fraction of sp³-hybridized carbons (Fsp3) is 0.211. The molecule has 0 bridgehead atoms. The Labute approximate surface area is 135 Å². The van der Waals surface area contributed by atoms with Crippen molar-refractivity contribution in [2.45, 2.75) is 13.5 Å². The topological polar surface area (TPSA) is 40.5 Å². The summed E-state index contributed by atoms with van der Waals surface area (Å²) in [6.07, 6.45) is 1.92. The SMILES string of the molecule is CCn1cc(C(=O)c2ccc(OC)c(OC)c2)c2ccccc21. The second kappa shape index (κ2) is 6.16. The number of ether oxygens (including phenoxy) is 2. The Hall–Kier alpha value is -2.75. The van der Waals surface area contributed by atoms with Crippen LogP contribution in [0.2, 0.25) is 0 Å². The van der Waals surface area contributed by atoms with Crippen LogP contribution in [0.3, 0.4) is 0 Å². The van der Waals surface area contributed by atoms with Gasteiger partial charge in [-0.15, -0.1) is 0 Å². The minimum atomic E-state index is -0.0191. The van der Waals surface area contributed by atoms with Crippen molar-refractivity contribution in [1.82, 2.24) is 4.57 Å². The lowest BCUT2D eigenvalue weighted by Gasteiger charge is -2.08. The molecule has 2 aromatic carbocycles. The minimum absolute atomic E-state index is 0.0191. The predicted molar refractivity (Wildman–Crippen MR) is 90.6 cm³/mol. The number of hydrogen-bond acceptors (Lipinski definition) is 3. The fourth-order valence-electron chi connectivity index (χ4n) is 2.82. The molecule has 0 spiro atoms. The average Bonchev–Trinajstić information content (AvgIpc) is 2.99. The van der Waals surface area contributed by atoms with Gasteiger partial charge in [0, 0.05) is 34.8 Å². The number of benzene rings is 2. The molecule has 23 heavy (non-hydrogen) atoms. The number of methoxy groups -OCH3 is 2. The standard InChI is InChI=1S/C19H19NO3/c1-4-20-12-15(14-7-5-6-8-16(14)20)19(21)13-9-10-17(22-2)18(11-13)23-3/h5-12H,4H2,1-3H3. The zero-order valence-electron chi connectivity index (χ0n) is 13.5. The van der Waals surface area contributed by atoms with Crippen LogP contribution in [0.4, 0.5) is 0 Å². The molecule has 0 aliphatic rings. The smallest absolute Gasteiger partial charge is 0.195 e. The molecule has 0 unspecified atom stereocenters. The number of hydrogen-bond donors (Lipinski definition) is 0. The lowest BCUT2D eigenvalue weighted by atomic mass is 10.0. The second-order valence-electron chi connectivity index (χ2n) is 5.24. The Balaban J connectivity index is 2.11. The van der Waals surface area contributed by atoms with Crippen molar-refractivity contribution < 1.29 is 14.3 Å².